The van der Waals surface area contributed by atoms with Crippen LogP contribution in [0.15, 0.2) is 24.5 Å². The van der Waals surface area contributed by atoms with E-state index in [9.17, 15) is 0 Å². The molecule has 0 aliphatic carbocycles. The second-order valence-corrected chi connectivity index (χ2v) is 1.14. The summed E-state index contributed by atoms with van der Waals surface area (Å²) in [7, 11) is 0. The highest BCUT2D eigenvalue weighted by Crippen LogP contribution is 1.88. The highest BCUT2D eigenvalue weighted by Gasteiger charge is 1.80. The third-order valence-electron chi connectivity index (χ3n) is 0.614. The van der Waals surface area contributed by atoms with Crippen molar-refractivity contribution in [3.05, 3.63) is 24.5 Å². The fourth-order valence-corrected chi connectivity index (χ4v) is 0.329. The molecule has 0 fully saturated rings. The maximum Gasteiger partial charge on any atom is 0.129 e. The fourth-order valence-electron chi connectivity index (χ4n) is 0.329. The Morgan fingerprint density at radius 3 is 3.29 bits per heavy atom. The molecule has 0 radical (unpaired) electrons. The molecule has 1 rings (SSSR count). The second kappa shape index (κ2) is 2.42. The first kappa shape index (κ1) is 4.40. The Bertz CT molecular complexity index is 82.3. The fraction of sp³-hybridized carbons (Fsp3) is 0.200. The maximum atomic E-state index is 4.52. The lowest BCUT2D eigenvalue weighted by atomic mass is 10.5. The predicted molar refractivity (Wildman–Crippen MR) is 25.3 cm³/mol. The molecule has 0 saturated heterocycles. The Hall–Kier alpha value is -0.760. The van der Waals surface area contributed by atoms with E-state index in [0.717, 1.165) is 0 Å². The molecule has 1 aliphatic rings. The molecule has 0 unspecified atom stereocenters. The quantitative estimate of drug-likeness (QED) is 0.421. The molecule has 38 valence electrons. The molecular formula is C5H6O2. The van der Waals surface area contributed by atoms with Crippen LogP contribution in [0.2, 0.25) is 0 Å². The number of hydrogen-bond donors (Lipinski definition) is 0. The summed E-state index contributed by atoms with van der Waals surface area (Å²) in [5.41, 5.74) is 0. The summed E-state index contributed by atoms with van der Waals surface area (Å²) in [6.45, 7) is 0.535. The van der Waals surface area contributed by atoms with Crippen LogP contribution in [0.4, 0.5) is 0 Å². The minimum atomic E-state index is 0.535. The first-order chi connectivity index (χ1) is 3.50. The Labute approximate surface area is 42.0 Å². The minimum Gasteiger partial charge on any atom is -0.345 e. The lowest BCUT2D eigenvalue weighted by Gasteiger charge is -1.89. The van der Waals surface area contributed by atoms with Crippen LogP contribution in [0.3, 0.4) is 0 Å². The van der Waals surface area contributed by atoms with E-state index in [0.29, 0.717) is 6.61 Å². The summed E-state index contributed by atoms with van der Waals surface area (Å²) in [5, 5.41) is 0. The second-order valence-electron chi connectivity index (χ2n) is 1.14. The Kier molecular flexibility index (Phi) is 1.52. The van der Waals surface area contributed by atoms with E-state index in [4.69, 9.17) is 0 Å². The molecule has 1 aliphatic heterocycles. The molecule has 2 nitrogen and oxygen atoms in total. The average Bonchev–Trinajstić information content (AvgIpc) is 1.90. The van der Waals surface area contributed by atoms with Crippen molar-refractivity contribution in [2.45, 2.75) is 0 Å². The topological polar surface area (TPSA) is 18.5 Å². The van der Waals surface area contributed by atoms with Gasteiger partial charge in [0.1, 0.15) is 12.9 Å². The van der Waals surface area contributed by atoms with Crippen molar-refractivity contribution in [3.8, 4) is 0 Å². The molecule has 0 atom stereocenters. The van der Waals surface area contributed by atoms with Crippen molar-refractivity contribution < 1.29 is 9.78 Å². The molecule has 2 heteroatoms. The average molecular weight is 98.1 g/mol. The van der Waals surface area contributed by atoms with Crippen molar-refractivity contribution in [2.75, 3.05) is 6.61 Å². The van der Waals surface area contributed by atoms with E-state index >= 15 is 0 Å². The van der Waals surface area contributed by atoms with E-state index in [1.165, 1.54) is 6.26 Å². The normalized spacial score (nSPS) is 18.3. The van der Waals surface area contributed by atoms with Crippen LogP contribution in [0.1, 0.15) is 0 Å². The van der Waals surface area contributed by atoms with Crippen molar-refractivity contribution in [1.29, 1.82) is 0 Å². The van der Waals surface area contributed by atoms with Gasteiger partial charge in [0.2, 0.25) is 0 Å². The zero-order chi connectivity index (χ0) is 4.95. The van der Waals surface area contributed by atoms with Crippen LogP contribution < -0.4 is 0 Å². The lowest BCUT2D eigenvalue weighted by molar-refractivity contribution is -0.237. The van der Waals surface area contributed by atoms with E-state index in [2.05, 4.69) is 9.78 Å². The van der Waals surface area contributed by atoms with Gasteiger partial charge in [0.25, 0.3) is 0 Å². The lowest BCUT2D eigenvalue weighted by Crippen LogP contribution is -1.83. The van der Waals surface area contributed by atoms with Gasteiger partial charge < -0.3 is 4.89 Å². The Morgan fingerprint density at radius 1 is 1.29 bits per heavy atom. The highest BCUT2D eigenvalue weighted by molar-refractivity contribution is 5.00. The monoisotopic (exact) mass is 98.0 g/mol. The van der Waals surface area contributed by atoms with Gasteiger partial charge in [0.15, 0.2) is 0 Å². The zero-order valence-corrected chi connectivity index (χ0v) is 3.83. The van der Waals surface area contributed by atoms with Gasteiger partial charge in [-0.15, -0.1) is 0 Å². The standard InChI is InChI=1S/C5H6O2/c1-2-4-6-7-5-3-1/h1-4H,5H2. The Balaban J connectivity index is 2.39. The summed E-state index contributed by atoms with van der Waals surface area (Å²) in [6.07, 6.45) is 6.99. The summed E-state index contributed by atoms with van der Waals surface area (Å²) in [5.74, 6) is 0. The van der Waals surface area contributed by atoms with Crippen molar-refractivity contribution in [2.24, 2.45) is 0 Å². The van der Waals surface area contributed by atoms with Crippen LogP contribution >= 0.6 is 0 Å². The molecule has 7 heavy (non-hydrogen) atoms. The van der Waals surface area contributed by atoms with E-state index in [-0.39, 0.29) is 0 Å². The summed E-state index contributed by atoms with van der Waals surface area (Å²) >= 11 is 0. The van der Waals surface area contributed by atoms with Crippen LogP contribution in [-0.4, -0.2) is 6.61 Å². The van der Waals surface area contributed by atoms with Crippen molar-refractivity contribution in [3.63, 3.8) is 0 Å². The molecule has 0 aromatic carbocycles. The number of allylic oxidation sites excluding steroid dienone is 2. The molecule has 0 aromatic heterocycles. The SMILES string of the molecule is C1=CCOOC=C1. The van der Waals surface area contributed by atoms with Gasteiger partial charge in [0, 0.05) is 0 Å². The van der Waals surface area contributed by atoms with E-state index < -0.39 is 0 Å². The summed E-state index contributed by atoms with van der Waals surface area (Å²) in [6, 6.07) is 0. The molecule has 0 spiro atoms. The third-order valence-corrected chi connectivity index (χ3v) is 0.614. The molecule has 0 aromatic rings. The summed E-state index contributed by atoms with van der Waals surface area (Å²) in [4.78, 5) is 8.97. The van der Waals surface area contributed by atoms with E-state index in [1.54, 1.807) is 6.08 Å². The van der Waals surface area contributed by atoms with Gasteiger partial charge in [-0.1, -0.05) is 12.2 Å². The van der Waals surface area contributed by atoms with Crippen LogP contribution in [-0.2, 0) is 9.78 Å². The first-order valence-corrected chi connectivity index (χ1v) is 2.10. The van der Waals surface area contributed by atoms with Gasteiger partial charge >= 0.3 is 0 Å². The minimum absolute atomic E-state index is 0.535. The molecule has 0 bridgehead atoms. The smallest absolute Gasteiger partial charge is 0.129 e. The largest absolute Gasteiger partial charge is 0.345 e. The predicted octanol–water partition coefficient (Wildman–Crippen LogP) is 1.02. The van der Waals surface area contributed by atoms with Gasteiger partial charge in [-0.05, 0) is 6.08 Å². The van der Waals surface area contributed by atoms with Crippen LogP contribution in [0.25, 0.3) is 0 Å². The molecule has 0 N–H and O–H groups in total. The van der Waals surface area contributed by atoms with Crippen molar-refractivity contribution in [1.82, 2.24) is 0 Å². The molecule has 0 saturated carbocycles. The van der Waals surface area contributed by atoms with Gasteiger partial charge in [-0.2, -0.15) is 4.89 Å². The molecule has 0 amide bonds. The maximum absolute atomic E-state index is 4.52. The van der Waals surface area contributed by atoms with Gasteiger partial charge in [0.05, 0.1) is 0 Å². The van der Waals surface area contributed by atoms with Crippen LogP contribution in [0, 0.1) is 0 Å². The van der Waals surface area contributed by atoms with E-state index in [1.807, 2.05) is 12.2 Å². The number of hydrogen-bond acceptors (Lipinski definition) is 2. The zero-order valence-electron chi connectivity index (χ0n) is 3.83. The highest BCUT2D eigenvalue weighted by atomic mass is 17.2. The third kappa shape index (κ3) is 1.41. The molecule has 1 heterocycles. The van der Waals surface area contributed by atoms with Crippen molar-refractivity contribution >= 4 is 0 Å². The van der Waals surface area contributed by atoms with Gasteiger partial charge in [-0.3, -0.25) is 0 Å². The van der Waals surface area contributed by atoms with Crippen LogP contribution in [0.5, 0.6) is 0 Å². The number of rotatable bonds is 0. The molecular weight excluding hydrogens is 92.1 g/mol. The first-order valence-electron chi connectivity index (χ1n) is 2.10. The summed E-state index contributed by atoms with van der Waals surface area (Å²) < 4.78 is 0. The van der Waals surface area contributed by atoms with Gasteiger partial charge in [-0.25, -0.2) is 0 Å². The Morgan fingerprint density at radius 2 is 2.29 bits per heavy atom.